The second-order valence-corrected chi connectivity index (χ2v) is 5.16. The predicted molar refractivity (Wildman–Crippen MR) is 91.1 cm³/mol. The molecule has 0 bridgehead atoms. The molecule has 1 aliphatic heterocycles. The number of benzene rings is 1. The average molecular weight is 297 g/mol. The Morgan fingerprint density at radius 2 is 2.10 bits per heavy atom. The molecular formula is C16H17N4S+. The fraction of sp³-hybridized carbons (Fsp3) is 0.188. The molecule has 0 aromatic heterocycles. The molecule has 0 radical (unpaired) electrons. The molecule has 2 N–H and O–H groups in total. The van der Waals surface area contributed by atoms with E-state index in [1.165, 1.54) is 0 Å². The highest BCUT2D eigenvalue weighted by molar-refractivity contribution is 7.80. The molecule has 0 amide bonds. The lowest BCUT2D eigenvalue weighted by molar-refractivity contribution is -0.393. The lowest BCUT2D eigenvalue weighted by Gasteiger charge is -2.05. The second-order valence-electron chi connectivity index (χ2n) is 4.80. The molecule has 1 aliphatic carbocycles. The fourth-order valence-corrected chi connectivity index (χ4v) is 2.52. The zero-order valence-corrected chi connectivity index (χ0v) is 12.4. The Morgan fingerprint density at radius 3 is 2.86 bits per heavy atom. The first-order valence-electron chi connectivity index (χ1n) is 6.98. The summed E-state index contributed by atoms with van der Waals surface area (Å²) in [5.74, 6) is 0.894. The van der Waals surface area contributed by atoms with Crippen LogP contribution >= 0.6 is 12.2 Å². The minimum atomic E-state index is 0.591. The van der Waals surface area contributed by atoms with Gasteiger partial charge in [-0.1, -0.05) is 36.4 Å². The first-order valence-corrected chi connectivity index (χ1v) is 7.39. The van der Waals surface area contributed by atoms with Crippen LogP contribution in [0.1, 0.15) is 6.42 Å². The van der Waals surface area contributed by atoms with E-state index in [0.29, 0.717) is 5.11 Å². The zero-order valence-electron chi connectivity index (χ0n) is 11.6. The van der Waals surface area contributed by atoms with Crippen LogP contribution in [0.2, 0.25) is 0 Å². The zero-order chi connectivity index (χ0) is 14.5. The van der Waals surface area contributed by atoms with Crippen molar-refractivity contribution in [3.63, 3.8) is 0 Å². The summed E-state index contributed by atoms with van der Waals surface area (Å²) in [4.78, 5) is 4.55. The first-order chi connectivity index (χ1) is 10.3. The van der Waals surface area contributed by atoms with E-state index in [4.69, 9.17) is 12.2 Å². The molecule has 0 saturated heterocycles. The third-order valence-electron chi connectivity index (χ3n) is 3.27. The third-order valence-corrected chi connectivity index (χ3v) is 3.58. The summed E-state index contributed by atoms with van der Waals surface area (Å²) in [6.07, 6.45) is 8.92. The lowest BCUT2D eigenvalue weighted by atomic mass is 10.2. The van der Waals surface area contributed by atoms with Crippen LogP contribution < -0.4 is 10.6 Å². The van der Waals surface area contributed by atoms with Crippen LogP contribution in [0.25, 0.3) is 0 Å². The summed E-state index contributed by atoms with van der Waals surface area (Å²) in [6.45, 7) is 1.68. The molecule has 4 nitrogen and oxygen atoms in total. The van der Waals surface area contributed by atoms with Crippen LogP contribution in [0.3, 0.4) is 0 Å². The summed E-state index contributed by atoms with van der Waals surface area (Å²) in [7, 11) is 0. The smallest absolute Gasteiger partial charge is 0.294 e. The highest BCUT2D eigenvalue weighted by atomic mass is 32.1. The maximum Gasteiger partial charge on any atom is 0.315 e. The molecule has 21 heavy (non-hydrogen) atoms. The van der Waals surface area contributed by atoms with Gasteiger partial charge in [0.2, 0.25) is 0 Å². The van der Waals surface area contributed by atoms with Gasteiger partial charge in [-0.25, -0.2) is 4.58 Å². The molecule has 0 atom stereocenters. The standard InChI is InChI=1S/C16H16N4S/c21-16(19-14-9-5-2-6-10-14)20-12-11-17-15(20)18-13-7-3-1-4-8-13/h1-9H,10-12H2,(H,17,18)/p+1/b19-14-. The molecule has 1 aromatic rings. The molecule has 106 valence electrons. The minimum absolute atomic E-state index is 0.591. The van der Waals surface area contributed by atoms with Gasteiger partial charge < -0.3 is 0 Å². The van der Waals surface area contributed by atoms with Gasteiger partial charge in [-0.3, -0.25) is 10.6 Å². The number of aliphatic imine (C=N–C) groups is 1. The Kier molecular flexibility index (Phi) is 4.21. The van der Waals surface area contributed by atoms with E-state index in [9.17, 15) is 0 Å². The predicted octanol–water partition coefficient (Wildman–Crippen LogP) is 2.31. The summed E-state index contributed by atoms with van der Waals surface area (Å²) in [5, 5.41) is 7.26. The van der Waals surface area contributed by atoms with Crippen molar-refractivity contribution in [2.45, 2.75) is 6.42 Å². The number of hydrogen-bond acceptors (Lipinski definition) is 3. The largest absolute Gasteiger partial charge is 0.315 e. The monoisotopic (exact) mass is 297 g/mol. The molecule has 5 heteroatoms. The molecular weight excluding hydrogens is 280 g/mol. The summed E-state index contributed by atoms with van der Waals surface area (Å²) in [5.41, 5.74) is 2.02. The van der Waals surface area contributed by atoms with E-state index in [1.807, 2.05) is 53.1 Å². The first kappa shape index (κ1) is 13.7. The Balaban J connectivity index is 1.78. The Hall–Kier alpha value is -2.27. The van der Waals surface area contributed by atoms with Crippen molar-refractivity contribution >= 4 is 34.7 Å². The second kappa shape index (κ2) is 6.45. The number of hydrogen-bond donors (Lipinski definition) is 2. The summed E-state index contributed by atoms with van der Waals surface area (Å²) < 4.78 is 2.00. The number of anilines is 1. The molecule has 0 saturated carbocycles. The van der Waals surface area contributed by atoms with Gasteiger partial charge in [-0.2, -0.15) is 0 Å². The minimum Gasteiger partial charge on any atom is -0.294 e. The molecule has 1 aromatic carbocycles. The van der Waals surface area contributed by atoms with Crippen molar-refractivity contribution < 1.29 is 4.58 Å². The van der Waals surface area contributed by atoms with Crippen molar-refractivity contribution in [2.24, 2.45) is 4.99 Å². The number of nitrogens with zero attached hydrogens (tertiary/aromatic N) is 2. The van der Waals surface area contributed by atoms with Crippen molar-refractivity contribution in [3.05, 3.63) is 54.6 Å². The van der Waals surface area contributed by atoms with E-state index < -0.39 is 0 Å². The lowest BCUT2D eigenvalue weighted by Crippen LogP contribution is -2.32. The number of rotatable bonds is 1. The average Bonchev–Trinajstić information content (AvgIpc) is 2.97. The Morgan fingerprint density at radius 1 is 1.24 bits per heavy atom. The van der Waals surface area contributed by atoms with Gasteiger partial charge in [0.05, 0.1) is 18.8 Å². The van der Waals surface area contributed by atoms with Gasteiger partial charge in [0, 0.05) is 6.42 Å². The van der Waals surface area contributed by atoms with Gasteiger partial charge >= 0.3 is 11.1 Å². The van der Waals surface area contributed by atoms with Crippen LogP contribution in [0.5, 0.6) is 0 Å². The SMILES string of the molecule is S=C(/N=C1/C=CC=CC1)[N+]1=C(Nc2ccccc2)NCC1. The van der Waals surface area contributed by atoms with Crippen LogP contribution in [-0.4, -0.2) is 34.4 Å². The third kappa shape index (κ3) is 3.44. The van der Waals surface area contributed by atoms with Crippen molar-refractivity contribution in [3.8, 4) is 0 Å². The maximum atomic E-state index is 5.47. The van der Waals surface area contributed by atoms with E-state index in [1.54, 1.807) is 0 Å². The Labute approximate surface area is 129 Å². The quantitative estimate of drug-likeness (QED) is 0.617. The number of nitrogens with one attached hydrogen (secondary N) is 2. The van der Waals surface area contributed by atoms with E-state index >= 15 is 0 Å². The van der Waals surface area contributed by atoms with E-state index in [-0.39, 0.29) is 0 Å². The summed E-state index contributed by atoms with van der Waals surface area (Å²) in [6, 6.07) is 10.0. The van der Waals surface area contributed by atoms with Gasteiger partial charge in [-0.15, -0.1) is 4.99 Å². The topological polar surface area (TPSA) is 39.4 Å². The summed E-state index contributed by atoms with van der Waals surface area (Å²) >= 11 is 5.47. The molecule has 1 heterocycles. The van der Waals surface area contributed by atoms with Gasteiger partial charge in [0.15, 0.2) is 0 Å². The van der Waals surface area contributed by atoms with E-state index in [0.717, 1.165) is 36.9 Å². The molecule has 0 unspecified atom stereocenters. The number of guanidine groups is 1. The highest BCUT2D eigenvalue weighted by Gasteiger charge is 2.22. The maximum absolute atomic E-state index is 5.47. The number of allylic oxidation sites excluding steroid dienone is 4. The molecule has 0 spiro atoms. The fourth-order valence-electron chi connectivity index (χ4n) is 2.22. The number of para-hydroxylation sites is 1. The van der Waals surface area contributed by atoms with Crippen LogP contribution in [0, 0.1) is 0 Å². The molecule has 2 aliphatic rings. The number of thiocarbonyl (C=S) groups is 1. The van der Waals surface area contributed by atoms with Crippen molar-refractivity contribution in [1.82, 2.24) is 5.32 Å². The van der Waals surface area contributed by atoms with Gasteiger partial charge in [0.1, 0.15) is 5.71 Å². The van der Waals surface area contributed by atoms with Crippen LogP contribution in [0.15, 0.2) is 59.6 Å². The van der Waals surface area contributed by atoms with Gasteiger partial charge in [0.25, 0.3) is 0 Å². The molecule has 0 fully saturated rings. The van der Waals surface area contributed by atoms with Crippen LogP contribution in [-0.2, 0) is 0 Å². The Bertz CT molecular complexity index is 656. The van der Waals surface area contributed by atoms with Gasteiger partial charge in [-0.05, 0) is 30.4 Å². The van der Waals surface area contributed by atoms with Crippen LogP contribution in [0.4, 0.5) is 5.69 Å². The van der Waals surface area contributed by atoms with E-state index in [2.05, 4.69) is 21.7 Å². The van der Waals surface area contributed by atoms with Crippen molar-refractivity contribution in [2.75, 3.05) is 18.4 Å². The normalized spacial score (nSPS) is 19.0. The molecule has 3 rings (SSSR count). The highest BCUT2D eigenvalue weighted by Crippen LogP contribution is 2.07. The van der Waals surface area contributed by atoms with Crippen molar-refractivity contribution in [1.29, 1.82) is 0 Å².